The number of thiazole rings is 1. The zero-order valence-electron chi connectivity index (χ0n) is 15.0. The maximum Gasteiger partial charge on any atom is 0.188 e. The van der Waals surface area contributed by atoms with Crippen LogP contribution in [-0.2, 0) is 6.54 Å². The summed E-state index contributed by atoms with van der Waals surface area (Å²) in [5.41, 5.74) is 4.24. The Balaban J connectivity index is 1.45. The SMILES string of the molecule is Cc1ccc(Nc2nc([C@@H]3CCCN3Cc3cnc(C)cn3)cs2)nc1. The molecule has 1 fully saturated rings. The number of hydrogen-bond donors (Lipinski definition) is 1. The highest BCUT2D eigenvalue weighted by Gasteiger charge is 2.28. The number of likely N-dealkylation sites (tertiary alicyclic amines) is 1. The largest absolute Gasteiger partial charge is 0.316 e. The molecule has 0 bridgehead atoms. The van der Waals surface area contributed by atoms with Crippen LogP contribution in [0.5, 0.6) is 0 Å². The molecule has 0 radical (unpaired) electrons. The first-order valence-corrected chi connectivity index (χ1v) is 9.72. The standard InChI is InChI=1S/C19H22N6S/c1-13-5-6-18(22-8-13)24-19-23-16(12-26-19)17-4-3-7-25(17)11-15-10-20-14(2)9-21-15/h5-6,8-10,12,17H,3-4,7,11H2,1-2H3,(H,22,23,24)/t17-/m0/s1. The number of hydrogen-bond acceptors (Lipinski definition) is 7. The van der Waals surface area contributed by atoms with Crippen LogP contribution in [0.15, 0.2) is 36.1 Å². The minimum absolute atomic E-state index is 0.343. The summed E-state index contributed by atoms with van der Waals surface area (Å²) in [5.74, 6) is 0.828. The van der Waals surface area contributed by atoms with E-state index in [4.69, 9.17) is 4.98 Å². The van der Waals surface area contributed by atoms with Gasteiger partial charge in [0.1, 0.15) is 5.82 Å². The molecule has 0 amide bonds. The Bertz CT molecular complexity index is 858. The molecule has 1 atom stereocenters. The normalized spacial score (nSPS) is 17.5. The molecule has 26 heavy (non-hydrogen) atoms. The smallest absolute Gasteiger partial charge is 0.188 e. The molecule has 6 nitrogen and oxygen atoms in total. The predicted molar refractivity (Wildman–Crippen MR) is 104 cm³/mol. The number of nitrogens with one attached hydrogen (secondary N) is 1. The summed E-state index contributed by atoms with van der Waals surface area (Å²) in [6.07, 6.45) is 7.88. The van der Waals surface area contributed by atoms with Crippen LogP contribution in [0.2, 0.25) is 0 Å². The second-order valence-corrected chi connectivity index (χ2v) is 7.56. The van der Waals surface area contributed by atoms with Crippen molar-refractivity contribution < 1.29 is 0 Å². The summed E-state index contributed by atoms with van der Waals surface area (Å²) in [6, 6.07) is 4.37. The van der Waals surface area contributed by atoms with Crippen molar-refractivity contribution in [2.45, 2.75) is 39.3 Å². The van der Waals surface area contributed by atoms with Gasteiger partial charge in [0.15, 0.2) is 5.13 Å². The van der Waals surface area contributed by atoms with Gasteiger partial charge >= 0.3 is 0 Å². The number of rotatable bonds is 5. The highest BCUT2D eigenvalue weighted by Crippen LogP contribution is 2.34. The average Bonchev–Trinajstić information content (AvgIpc) is 3.28. The Kier molecular flexibility index (Phi) is 4.90. The summed E-state index contributed by atoms with van der Waals surface area (Å²) in [4.78, 5) is 20.5. The molecule has 3 aromatic heterocycles. The maximum atomic E-state index is 4.81. The van der Waals surface area contributed by atoms with E-state index in [1.807, 2.05) is 44.6 Å². The molecular weight excluding hydrogens is 344 g/mol. The van der Waals surface area contributed by atoms with Crippen molar-refractivity contribution in [3.05, 3.63) is 58.7 Å². The number of anilines is 2. The Morgan fingerprint density at radius 1 is 1.15 bits per heavy atom. The van der Waals surface area contributed by atoms with Crippen LogP contribution in [0.25, 0.3) is 0 Å². The first kappa shape index (κ1) is 17.1. The van der Waals surface area contributed by atoms with Crippen LogP contribution in [0.3, 0.4) is 0 Å². The molecule has 1 aliphatic heterocycles. The van der Waals surface area contributed by atoms with E-state index in [9.17, 15) is 0 Å². The van der Waals surface area contributed by atoms with E-state index in [1.54, 1.807) is 11.3 Å². The number of aromatic nitrogens is 4. The second kappa shape index (κ2) is 7.47. The molecule has 1 aliphatic rings. The Labute approximate surface area is 157 Å². The number of nitrogens with zero attached hydrogens (tertiary/aromatic N) is 5. The van der Waals surface area contributed by atoms with Gasteiger partial charge in [-0.25, -0.2) is 9.97 Å². The molecule has 7 heteroatoms. The van der Waals surface area contributed by atoms with Gasteiger partial charge in [0.05, 0.1) is 23.1 Å². The Morgan fingerprint density at radius 2 is 2.08 bits per heavy atom. The van der Waals surface area contributed by atoms with Crippen molar-refractivity contribution in [3.63, 3.8) is 0 Å². The van der Waals surface area contributed by atoms with E-state index >= 15 is 0 Å². The third-order valence-corrected chi connectivity index (χ3v) is 5.35. The molecule has 0 saturated carbocycles. The Morgan fingerprint density at radius 3 is 2.85 bits per heavy atom. The molecule has 1 saturated heterocycles. The van der Waals surface area contributed by atoms with Gasteiger partial charge in [-0.1, -0.05) is 6.07 Å². The molecule has 134 valence electrons. The molecule has 4 rings (SSSR count). The summed E-state index contributed by atoms with van der Waals surface area (Å²) >= 11 is 1.63. The van der Waals surface area contributed by atoms with Crippen molar-refractivity contribution in [2.24, 2.45) is 0 Å². The fourth-order valence-electron chi connectivity index (χ4n) is 3.21. The number of aryl methyl sites for hydroxylation is 2. The van der Waals surface area contributed by atoms with Crippen LogP contribution in [0.4, 0.5) is 10.9 Å². The Hall–Kier alpha value is -2.38. The molecule has 0 unspecified atom stereocenters. The lowest BCUT2D eigenvalue weighted by Gasteiger charge is -2.22. The lowest BCUT2D eigenvalue weighted by molar-refractivity contribution is 0.242. The van der Waals surface area contributed by atoms with Crippen LogP contribution >= 0.6 is 11.3 Å². The minimum atomic E-state index is 0.343. The molecule has 0 aliphatic carbocycles. The molecular formula is C19H22N6S. The van der Waals surface area contributed by atoms with E-state index in [1.165, 1.54) is 6.42 Å². The van der Waals surface area contributed by atoms with Gasteiger partial charge in [-0.3, -0.25) is 14.9 Å². The number of pyridine rings is 1. The molecule has 3 aromatic rings. The fourth-order valence-corrected chi connectivity index (χ4v) is 3.97. The van der Waals surface area contributed by atoms with E-state index < -0.39 is 0 Å². The van der Waals surface area contributed by atoms with Crippen molar-refractivity contribution >= 4 is 22.3 Å². The minimum Gasteiger partial charge on any atom is -0.316 e. The zero-order valence-corrected chi connectivity index (χ0v) is 15.8. The first-order valence-electron chi connectivity index (χ1n) is 8.84. The fraction of sp³-hybridized carbons (Fsp3) is 0.368. The van der Waals surface area contributed by atoms with E-state index in [0.29, 0.717) is 6.04 Å². The first-order chi connectivity index (χ1) is 12.7. The van der Waals surface area contributed by atoms with Crippen molar-refractivity contribution in [1.82, 2.24) is 24.8 Å². The summed E-state index contributed by atoms with van der Waals surface area (Å²) in [7, 11) is 0. The summed E-state index contributed by atoms with van der Waals surface area (Å²) in [6.45, 7) is 5.88. The van der Waals surface area contributed by atoms with Crippen LogP contribution in [0.1, 0.15) is 41.5 Å². The molecule has 0 aromatic carbocycles. The lowest BCUT2D eigenvalue weighted by atomic mass is 10.1. The highest BCUT2D eigenvalue weighted by molar-refractivity contribution is 7.13. The predicted octanol–water partition coefficient (Wildman–Crippen LogP) is 4.03. The lowest BCUT2D eigenvalue weighted by Crippen LogP contribution is -2.23. The molecule has 4 heterocycles. The van der Waals surface area contributed by atoms with Gasteiger partial charge in [-0.2, -0.15) is 0 Å². The van der Waals surface area contributed by atoms with Crippen molar-refractivity contribution in [2.75, 3.05) is 11.9 Å². The average molecular weight is 366 g/mol. The van der Waals surface area contributed by atoms with Crippen LogP contribution in [-0.4, -0.2) is 31.4 Å². The highest BCUT2D eigenvalue weighted by atomic mass is 32.1. The zero-order chi connectivity index (χ0) is 17.9. The van der Waals surface area contributed by atoms with Gasteiger partial charge in [-0.15, -0.1) is 11.3 Å². The second-order valence-electron chi connectivity index (χ2n) is 6.70. The topological polar surface area (TPSA) is 66.8 Å². The van der Waals surface area contributed by atoms with Gasteiger partial charge in [0, 0.05) is 30.5 Å². The van der Waals surface area contributed by atoms with E-state index in [2.05, 4.69) is 30.5 Å². The van der Waals surface area contributed by atoms with E-state index in [0.717, 1.165) is 53.1 Å². The van der Waals surface area contributed by atoms with E-state index in [-0.39, 0.29) is 0 Å². The third-order valence-electron chi connectivity index (χ3n) is 4.57. The van der Waals surface area contributed by atoms with Crippen molar-refractivity contribution in [1.29, 1.82) is 0 Å². The third kappa shape index (κ3) is 3.89. The van der Waals surface area contributed by atoms with Gasteiger partial charge < -0.3 is 5.32 Å². The molecule has 0 spiro atoms. The van der Waals surface area contributed by atoms with Crippen LogP contribution in [0, 0.1) is 13.8 Å². The van der Waals surface area contributed by atoms with Gasteiger partial charge in [-0.05, 0) is 44.9 Å². The van der Waals surface area contributed by atoms with Crippen LogP contribution < -0.4 is 5.32 Å². The summed E-state index contributed by atoms with van der Waals surface area (Å²) in [5, 5.41) is 6.34. The van der Waals surface area contributed by atoms with Crippen molar-refractivity contribution in [3.8, 4) is 0 Å². The monoisotopic (exact) mass is 366 g/mol. The van der Waals surface area contributed by atoms with Gasteiger partial charge in [0.25, 0.3) is 0 Å². The quantitative estimate of drug-likeness (QED) is 0.735. The summed E-state index contributed by atoms with van der Waals surface area (Å²) < 4.78 is 0. The molecule has 1 N–H and O–H groups in total. The van der Waals surface area contributed by atoms with Gasteiger partial charge in [0.2, 0.25) is 0 Å². The maximum absolute atomic E-state index is 4.81.